The summed E-state index contributed by atoms with van der Waals surface area (Å²) < 4.78 is 10.5. The van der Waals surface area contributed by atoms with Gasteiger partial charge in [-0.1, -0.05) is 13.3 Å². The molecule has 1 aromatic heterocycles. The summed E-state index contributed by atoms with van der Waals surface area (Å²) in [6, 6.07) is 4.46. The van der Waals surface area contributed by atoms with Crippen LogP contribution in [0.25, 0.3) is 0 Å². The lowest BCUT2D eigenvalue weighted by Crippen LogP contribution is -2.49. The number of nitrogens with one attached hydrogen (secondary N) is 2. The maximum absolute atomic E-state index is 5.40. The molecule has 0 aromatic carbocycles. The summed E-state index contributed by atoms with van der Waals surface area (Å²) in [5.41, 5.74) is 0. The maximum Gasteiger partial charge on any atom is 0.191 e. The van der Waals surface area contributed by atoms with Crippen molar-refractivity contribution >= 4 is 5.96 Å². The van der Waals surface area contributed by atoms with E-state index >= 15 is 0 Å². The number of furan rings is 1. The first kappa shape index (κ1) is 20.8. The first-order chi connectivity index (χ1) is 12.8. The molecule has 1 aromatic rings. The summed E-state index contributed by atoms with van der Waals surface area (Å²) in [4.78, 5) is 7.28. The Morgan fingerprint density at radius 1 is 1.35 bits per heavy atom. The zero-order chi connectivity index (χ0) is 18.5. The van der Waals surface area contributed by atoms with Gasteiger partial charge in [0.15, 0.2) is 5.96 Å². The standard InChI is InChI=1S/C20H36N4O2/c1-3-4-11-21-20(22-12-8-19-7-5-17-26-19)23-18-9-14-24(15-10-18)13-6-16-25-2/h5,7,17-18H,3-4,6,8-16H2,1-2H3,(H2,21,22,23). The van der Waals surface area contributed by atoms with E-state index in [0.717, 1.165) is 70.3 Å². The van der Waals surface area contributed by atoms with Crippen molar-refractivity contribution in [1.29, 1.82) is 0 Å². The van der Waals surface area contributed by atoms with Gasteiger partial charge in [-0.3, -0.25) is 4.99 Å². The molecule has 0 bridgehead atoms. The molecule has 0 atom stereocenters. The largest absolute Gasteiger partial charge is 0.469 e. The Morgan fingerprint density at radius 3 is 2.88 bits per heavy atom. The lowest BCUT2D eigenvalue weighted by molar-refractivity contribution is 0.155. The van der Waals surface area contributed by atoms with Crippen LogP contribution in [0, 0.1) is 0 Å². The van der Waals surface area contributed by atoms with Gasteiger partial charge in [0.25, 0.3) is 0 Å². The van der Waals surface area contributed by atoms with Crippen molar-refractivity contribution in [3.8, 4) is 0 Å². The summed E-state index contributed by atoms with van der Waals surface area (Å²) in [7, 11) is 1.77. The Balaban J connectivity index is 1.72. The average molecular weight is 365 g/mol. The summed E-state index contributed by atoms with van der Waals surface area (Å²) >= 11 is 0. The van der Waals surface area contributed by atoms with Gasteiger partial charge in [-0.05, 0) is 37.8 Å². The van der Waals surface area contributed by atoms with E-state index in [2.05, 4.69) is 22.5 Å². The molecule has 2 N–H and O–H groups in total. The molecule has 1 aliphatic rings. The number of guanidine groups is 1. The number of aliphatic imine (C=N–C) groups is 1. The fourth-order valence-corrected chi connectivity index (χ4v) is 3.19. The first-order valence-corrected chi connectivity index (χ1v) is 10.1. The van der Waals surface area contributed by atoms with Crippen LogP contribution in [0.5, 0.6) is 0 Å². The van der Waals surface area contributed by atoms with E-state index in [0.29, 0.717) is 6.04 Å². The Bertz CT molecular complexity index is 482. The van der Waals surface area contributed by atoms with E-state index in [1.54, 1.807) is 13.4 Å². The molecule has 0 saturated carbocycles. The fraction of sp³-hybridized carbons (Fsp3) is 0.750. The van der Waals surface area contributed by atoms with Crippen LogP contribution in [-0.2, 0) is 11.2 Å². The first-order valence-electron chi connectivity index (χ1n) is 10.1. The topological polar surface area (TPSA) is 62.0 Å². The lowest BCUT2D eigenvalue weighted by Gasteiger charge is -2.33. The van der Waals surface area contributed by atoms with Gasteiger partial charge in [-0.25, -0.2) is 0 Å². The van der Waals surface area contributed by atoms with Gasteiger partial charge in [-0.2, -0.15) is 0 Å². The zero-order valence-corrected chi connectivity index (χ0v) is 16.5. The third kappa shape index (κ3) is 8.23. The molecule has 148 valence electrons. The fourth-order valence-electron chi connectivity index (χ4n) is 3.19. The number of rotatable bonds is 11. The molecule has 2 heterocycles. The third-order valence-electron chi connectivity index (χ3n) is 4.78. The van der Waals surface area contributed by atoms with E-state index in [1.165, 1.54) is 19.3 Å². The van der Waals surface area contributed by atoms with Crippen molar-refractivity contribution in [2.24, 2.45) is 4.99 Å². The van der Waals surface area contributed by atoms with Crippen LogP contribution >= 0.6 is 0 Å². The summed E-state index contributed by atoms with van der Waals surface area (Å²) in [6.07, 6.45) is 8.35. The molecule has 0 unspecified atom stereocenters. The van der Waals surface area contributed by atoms with Crippen molar-refractivity contribution in [2.75, 3.05) is 46.4 Å². The molecule has 1 saturated heterocycles. The van der Waals surface area contributed by atoms with E-state index < -0.39 is 0 Å². The van der Waals surface area contributed by atoms with Crippen LogP contribution in [0.2, 0.25) is 0 Å². The van der Waals surface area contributed by atoms with E-state index in [1.807, 2.05) is 12.1 Å². The molecular formula is C20H36N4O2. The lowest BCUT2D eigenvalue weighted by atomic mass is 10.1. The van der Waals surface area contributed by atoms with E-state index in [9.17, 15) is 0 Å². The second-order valence-electron chi connectivity index (χ2n) is 6.95. The second-order valence-corrected chi connectivity index (χ2v) is 6.95. The highest BCUT2D eigenvalue weighted by molar-refractivity contribution is 5.80. The number of hydrogen-bond acceptors (Lipinski definition) is 4. The minimum absolute atomic E-state index is 0.505. The molecule has 0 aliphatic carbocycles. The van der Waals surface area contributed by atoms with Gasteiger partial charge in [0.1, 0.15) is 5.76 Å². The van der Waals surface area contributed by atoms with Crippen LogP contribution in [0.3, 0.4) is 0 Å². The van der Waals surface area contributed by atoms with Gasteiger partial charge < -0.3 is 24.7 Å². The van der Waals surface area contributed by atoms with Crippen molar-refractivity contribution in [3.05, 3.63) is 24.2 Å². The molecule has 26 heavy (non-hydrogen) atoms. The normalized spacial score (nSPS) is 16.8. The quantitative estimate of drug-likeness (QED) is 0.359. The van der Waals surface area contributed by atoms with E-state index in [4.69, 9.17) is 14.1 Å². The molecule has 1 fully saturated rings. The number of hydrogen-bond donors (Lipinski definition) is 2. The molecule has 0 radical (unpaired) electrons. The SMILES string of the molecule is CCCCN=C(NCCc1ccco1)NC1CCN(CCCOC)CC1. The number of unbranched alkanes of at least 4 members (excludes halogenated alkanes) is 1. The van der Waals surface area contributed by atoms with Gasteiger partial charge in [0.2, 0.25) is 0 Å². The highest BCUT2D eigenvalue weighted by Crippen LogP contribution is 2.10. The van der Waals surface area contributed by atoms with Gasteiger partial charge in [0.05, 0.1) is 6.26 Å². The smallest absolute Gasteiger partial charge is 0.191 e. The summed E-state index contributed by atoms with van der Waals surface area (Å²) in [6.45, 7) is 8.20. The Labute approximate surface area is 158 Å². The van der Waals surface area contributed by atoms with Gasteiger partial charge in [-0.15, -0.1) is 0 Å². The van der Waals surface area contributed by atoms with Crippen molar-refractivity contribution in [1.82, 2.24) is 15.5 Å². The predicted octanol–water partition coefficient (Wildman–Crippen LogP) is 2.66. The average Bonchev–Trinajstić information content (AvgIpc) is 3.17. The number of methoxy groups -OCH3 is 1. The number of likely N-dealkylation sites (tertiary alicyclic amines) is 1. The highest BCUT2D eigenvalue weighted by Gasteiger charge is 2.19. The predicted molar refractivity (Wildman–Crippen MR) is 107 cm³/mol. The summed E-state index contributed by atoms with van der Waals surface area (Å²) in [5.74, 6) is 1.96. The minimum Gasteiger partial charge on any atom is -0.469 e. The second kappa shape index (κ2) is 12.8. The zero-order valence-electron chi connectivity index (χ0n) is 16.5. The molecule has 0 amide bonds. The van der Waals surface area contributed by atoms with Crippen molar-refractivity contribution in [3.63, 3.8) is 0 Å². The Kier molecular flexibility index (Phi) is 10.2. The molecule has 1 aliphatic heterocycles. The number of piperidine rings is 1. The van der Waals surface area contributed by atoms with Crippen molar-refractivity contribution < 1.29 is 9.15 Å². The highest BCUT2D eigenvalue weighted by atomic mass is 16.5. The van der Waals surface area contributed by atoms with Crippen LogP contribution < -0.4 is 10.6 Å². The van der Waals surface area contributed by atoms with Gasteiger partial charge in [0, 0.05) is 58.9 Å². The third-order valence-corrected chi connectivity index (χ3v) is 4.78. The minimum atomic E-state index is 0.505. The van der Waals surface area contributed by atoms with E-state index in [-0.39, 0.29) is 0 Å². The van der Waals surface area contributed by atoms with Crippen LogP contribution in [0.4, 0.5) is 0 Å². The molecular weight excluding hydrogens is 328 g/mol. The molecule has 2 rings (SSSR count). The van der Waals surface area contributed by atoms with Crippen molar-refractivity contribution in [2.45, 2.75) is 51.5 Å². The van der Waals surface area contributed by atoms with Crippen LogP contribution in [-0.4, -0.2) is 63.3 Å². The molecule has 0 spiro atoms. The number of nitrogens with zero attached hydrogens (tertiary/aromatic N) is 2. The Morgan fingerprint density at radius 2 is 2.19 bits per heavy atom. The Hall–Kier alpha value is -1.53. The molecule has 6 nitrogen and oxygen atoms in total. The number of ether oxygens (including phenoxy) is 1. The molecule has 6 heteroatoms. The summed E-state index contributed by atoms with van der Waals surface area (Å²) in [5, 5.41) is 7.11. The van der Waals surface area contributed by atoms with Crippen LogP contribution in [0.15, 0.2) is 27.8 Å². The monoisotopic (exact) mass is 364 g/mol. The van der Waals surface area contributed by atoms with Crippen LogP contribution in [0.1, 0.15) is 44.8 Å². The van der Waals surface area contributed by atoms with Gasteiger partial charge >= 0.3 is 0 Å². The maximum atomic E-state index is 5.40.